The van der Waals surface area contributed by atoms with Crippen LogP contribution in [0.2, 0.25) is 0 Å². The van der Waals surface area contributed by atoms with Crippen molar-refractivity contribution >= 4 is 24.2 Å². The van der Waals surface area contributed by atoms with Crippen LogP contribution in [0.5, 0.6) is 0 Å². The van der Waals surface area contributed by atoms with Crippen molar-refractivity contribution < 1.29 is 14.1 Å². The lowest BCUT2D eigenvalue weighted by Crippen LogP contribution is -2.46. The van der Waals surface area contributed by atoms with E-state index in [1.165, 1.54) is 0 Å². The number of aryl methyl sites for hydroxylation is 2. The second-order valence-electron chi connectivity index (χ2n) is 6.47. The average molecular weight is 388 g/mol. The Hall–Kier alpha value is -1.67. The van der Waals surface area contributed by atoms with E-state index < -0.39 is 0 Å². The number of halogens is 1. The monoisotopic (exact) mass is 387 g/mol. The molecule has 3 N–H and O–H groups in total. The molecule has 1 aromatic rings. The van der Waals surface area contributed by atoms with Crippen molar-refractivity contribution in [2.75, 3.05) is 26.2 Å². The predicted molar refractivity (Wildman–Crippen MR) is 99.8 cm³/mol. The first-order valence-electron chi connectivity index (χ1n) is 9.21. The molecule has 0 aromatic carbocycles. The van der Waals surface area contributed by atoms with Crippen LogP contribution in [0.25, 0.3) is 0 Å². The molecule has 1 aliphatic heterocycles. The molecule has 1 fully saturated rings. The van der Waals surface area contributed by atoms with E-state index in [0.29, 0.717) is 44.8 Å². The molecule has 26 heavy (non-hydrogen) atoms. The fourth-order valence-corrected chi connectivity index (χ4v) is 3.02. The van der Waals surface area contributed by atoms with Crippen LogP contribution in [0.15, 0.2) is 4.52 Å². The number of nitrogens with zero attached hydrogens (tertiary/aromatic N) is 3. The van der Waals surface area contributed by atoms with Crippen molar-refractivity contribution in [2.45, 2.75) is 51.9 Å². The summed E-state index contributed by atoms with van der Waals surface area (Å²) in [6, 6.07) is 0. The first-order valence-corrected chi connectivity index (χ1v) is 9.21. The van der Waals surface area contributed by atoms with Gasteiger partial charge in [0.2, 0.25) is 17.7 Å². The van der Waals surface area contributed by atoms with Gasteiger partial charge in [0.05, 0.1) is 5.92 Å². The minimum absolute atomic E-state index is 0. The molecule has 2 amide bonds. The third-order valence-corrected chi connectivity index (χ3v) is 4.35. The Morgan fingerprint density at radius 2 is 2.19 bits per heavy atom. The Labute approximate surface area is 160 Å². The number of hydrogen-bond donors (Lipinski definition) is 2. The van der Waals surface area contributed by atoms with E-state index in [4.69, 9.17) is 10.3 Å². The molecule has 0 radical (unpaired) electrons. The van der Waals surface area contributed by atoms with Crippen LogP contribution in [0, 0.1) is 5.92 Å². The van der Waals surface area contributed by atoms with Crippen LogP contribution in [0.4, 0.5) is 0 Å². The largest absolute Gasteiger partial charge is 0.355 e. The third kappa shape index (κ3) is 6.92. The number of likely N-dealkylation sites (tertiary alicyclic amines) is 1. The van der Waals surface area contributed by atoms with Gasteiger partial charge < -0.3 is 20.5 Å². The molecule has 1 aromatic heterocycles. The highest BCUT2D eigenvalue weighted by molar-refractivity contribution is 5.85. The molecule has 0 aliphatic carbocycles. The van der Waals surface area contributed by atoms with E-state index in [1.54, 1.807) is 4.90 Å². The minimum Gasteiger partial charge on any atom is -0.355 e. The topological polar surface area (TPSA) is 114 Å². The van der Waals surface area contributed by atoms with Gasteiger partial charge in [-0.05, 0) is 25.7 Å². The lowest BCUT2D eigenvalue weighted by atomic mass is 9.96. The second kappa shape index (κ2) is 11.9. The van der Waals surface area contributed by atoms with Gasteiger partial charge in [-0.15, -0.1) is 12.4 Å². The molecule has 0 spiro atoms. The van der Waals surface area contributed by atoms with Gasteiger partial charge >= 0.3 is 0 Å². The Balaban J connectivity index is 0.00000338. The number of carbonyl (C=O) groups is 2. The quantitative estimate of drug-likeness (QED) is 0.655. The summed E-state index contributed by atoms with van der Waals surface area (Å²) >= 11 is 0. The van der Waals surface area contributed by atoms with Gasteiger partial charge in [-0.2, -0.15) is 4.98 Å². The number of hydrogen-bond acceptors (Lipinski definition) is 6. The average Bonchev–Trinajstić information content (AvgIpc) is 3.07. The van der Waals surface area contributed by atoms with Crippen LogP contribution in [0.3, 0.4) is 0 Å². The Morgan fingerprint density at radius 3 is 2.92 bits per heavy atom. The summed E-state index contributed by atoms with van der Waals surface area (Å²) in [6.07, 6.45) is 5.18. The van der Waals surface area contributed by atoms with E-state index in [9.17, 15) is 9.59 Å². The highest BCUT2D eigenvalue weighted by Crippen LogP contribution is 2.18. The van der Waals surface area contributed by atoms with Gasteiger partial charge in [0.1, 0.15) is 0 Å². The number of rotatable bonds is 9. The van der Waals surface area contributed by atoms with Crippen molar-refractivity contribution in [1.82, 2.24) is 20.4 Å². The van der Waals surface area contributed by atoms with Crippen LogP contribution in [0.1, 0.15) is 50.7 Å². The fourth-order valence-electron chi connectivity index (χ4n) is 3.02. The van der Waals surface area contributed by atoms with E-state index >= 15 is 0 Å². The summed E-state index contributed by atoms with van der Waals surface area (Å²) in [5.74, 6) is 1.28. The maximum Gasteiger partial charge on any atom is 0.226 e. The molecule has 1 saturated heterocycles. The first kappa shape index (κ1) is 22.4. The lowest BCUT2D eigenvalue weighted by Gasteiger charge is -2.32. The van der Waals surface area contributed by atoms with Gasteiger partial charge in [-0.3, -0.25) is 9.59 Å². The molecule has 1 aliphatic rings. The number of carbonyl (C=O) groups excluding carboxylic acids is 2. The molecular weight excluding hydrogens is 358 g/mol. The van der Waals surface area contributed by atoms with E-state index in [-0.39, 0.29) is 30.1 Å². The molecular formula is C17H30ClN5O3. The fraction of sp³-hybridized carbons (Fsp3) is 0.765. The van der Waals surface area contributed by atoms with Gasteiger partial charge in [0, 0.05) is 45.4 Å². The van der Waals surface area contributed by atoms with Gasteiger partial charge in [0.25, 0.3) is 0 Å². The molecule has 9 heteroatoms. The standard InChI is InChI=1S/C17H29N5O3.ClH/c1-2-5-14-20-15(25-21-14)7-3-8-16(23)22-11-4-6-13(12-22)17(24)19-10-9-18;/h13H,2-12,18H2,1H3,(H,19,24);1H. The summed E-state index contributed by atoms with van der Waals surface area (Å²) in [6.45, 7) is 4.19. The molecule has 2 heterocycles. The molecule has 2 rings (SSSR count). The number of amides is 2. The van der Waals surface area contributed by atoms with Crippen molar-refractivity contribution in [3.8, 4) is 0 Å². The maximum atomic E-state index is 12.4. The van der Waals surface area contributed by atoms with Crippen molar-refractivity contribution in [1.29, 1.82) is 0 Å². The first-order chi connectivity index (χ1) is 12.1. The molecule has 148 valence electrons. The highest BCUT2D eigenvalue weighted by atomic mass is 35.5. The Bertz CT molecular complexity index is 566. The number of nitrogens with one attached hydrogen (secondary N) is 1. The predicted octanol–water partition coefficient (Wildman–Crippen LogP) is 1.08. The molecule has 1 atom stereocenters. The summed E-state index contributed by atoms with van der Waals surface area (Å²) in [4.78, 5) is 30.5. The molecule has 8 nitrogen and oxygen atoms in total. The SMILES string of the molecule is CCCc1noc(CCCC(=O)N2CCCC(C(=O)NCCN)C2)n1.Cl. The molecule has 1 unspecified atom stereocenters. The summed E-state index contributed by atoms with van der Waals surface area (Å²) in [5, 5.41) is 6.72. The van der Waals surface area contributed by atoms with Crippen LogP contribution < -0.4 is 11.1 Å². The molecule has 0 saturated carbocycles. The summed E-state index contributed by atoms with van der Waals surface area (Å²) in [7, 11) is 0. The van der Waals surface area contributed by atoms with Gasteiger partial charge in [-0.25, -0.2) is 0 Å². The zero-order chi connectivity index (χ0) is 18.1. The smallest absolute Gasteiger partial charge is 0.226 e. The zero-order valence-electron chi connectivity index (χ0n) is 15.4. The number of nitrogens with two attached hydrogens (primary N) is 1. The number of aromatic nitrogens is 2. The summed E-state index contributed by atoms with van der Waals surface area (Å²) in [5.41, 5.74) is 5.41. The minimum atomic E-state index is -0.128. The normalized spacial score (nSPS) is 16.8. The van der Waals surface area contributed by atoms with E-state index in [1.807, 2.05) is 0 Å². The third-order valence-electron chi connectivity index (χ3n) is 4.35. The maximum absolute atomic E-state index is 12.4. The number of piperidine rings is 1. The Kier molecular flexibility index (Phi) is 10.2. The van der Waals surface area contributed by atoms with Gasteiger partial charge in [0.15, 0.2) is 5.82 Å². The Morgan fingerprint density at radius 1 is 1.38 bits per heavy atom. The van der Waals surface area contributed by atoms with Crippen molar-refractivity contribution in [3.63, 3.8) is 0 Å². The van der Waals surface area contributed by atoms with Crippen molar-refractivity contribution in [2.24, 2.45) is 11.7 Å². The second-order valence-corrected chi connectivity index (χ2v) is 6.47. The van der Waals surface area contributed by atoms with Crippen LogP contribution >= 0.6 is 12.4 Å². The van der Waals surface area contributed by atoms with E-state index in [0.717, 1.165) is 38.1 Å². The van der Waals surface area contributed by atoms with Crippen LogP contribution in [-0.4, -0.2) is 53.0 Å². The zero-order valence-corrected chi connectivity index (χ0v) is 16.2. The highest BCUT2D eigenvalue weighted by Gasteiger charge is 2.27. The van der Waals surface area contributed by atoms with E-state index in [2.05, 4.69) is 22.4 Å². The summed E-state index contributed by atoms with van der Waals surface area (Å²) < 4.78 is 5.18. The lowest BCUT2D eigenvalue weighted by molar-refractivity contribution is -0.135. The molecule has 0 bridgehead atoms. The van der Waals surface area contributed by atoms with Gasteiger partial charge in [-0.1, -0.05) is 12.1 Å². The van der Waals surface area contributed by atoms with Crippen LogP contribution in [-0.2, 0) is 22.4 Å². The van der Waals surface area contributed by atoms with Crippen molar-refractivity contribution in [3.05, 3.63) is 11.7 Å².